The number of ether oxygens (including phenoxy) is 1. The fraction of sp³-hybridized carbons (Fsp3) is 0.538. The third-order valence-electron chi connectivity index (χ3n) is 3.78. The van der Waals surface area contributed by atoms with Crippen molar-refractivity contribution < 1.29 is 18.7 Å². The first kappa shape index (κ1) is 13.1. The number of nitrogens with zero attached hydrogens (tertiary/aromatic N) is 2. The number of fused-ring (bicyclic) bond motifs is 1. The molecule has 0 aliphatic carbocycles. The van der Waals surface area contributed by atoms with Crippen molar-refractivity contribution in [3.05, 3.63) is 23.7 Å². The van der Waals surface area contributed by atoms with Crippen LogP contribution in [0.3, 0.4) is 0 Å². The molecule has 1 unspecified atom stereocenters. The Labute approximate surface area is 116 Å². The van der Waals surface area contributed by atoms with Gasteiger partial charge in [-0.2, -0.15) is 0 Å². The van der Waals surface area contributed by atoms with Crippen LogP contribution in [0.5, 0.6) is 0 Å². The van der Waals surface area contributed by atoms with Gasteiger partial charge >= 0.3 is 0 Å². The zero-order valence-electron chi connectivity index (χ0n) is 11.1. The van der Waals surface area contributed by atoms with Gasteiger partial charge in [0.05, 0.1) is 19.3 Å². The van der Waals surface area contributed by atoms with E-state index in [-0.39, 0.29) is 23.5 Å². The minimum atomic E-state index is -0.672. The Hall–Kier alpha value is -1.86. The number of carbonyl (C=O) groups is 2. The number of piperazine rings is 1. The average Bonchev–Trinajstić information content (AvgIpc) is 2.96. The number of carbonyl (C=O) groups excluding carboxylic acids is 2. The Bertz CT molecular complexity index is 527. The predicted molar refractivity (Wildman–Crippen MR) is 69.3 cm³/mol. The molecule has 1 atom stereocenters. The molecule has 1 aromatic heterocycles. The Morgan fingerprint density at radius 2 is 2.00 bits per heavy atom. The molecule has 0 bridgehead atoms. The van der Waals surface area contributed by atoms with Crippen molar-refractivity contribution in [1.82, 2.24) is 9.80 Å². The first-order valence-electron chi connectivity index (χ1n) is 6.66. The topological polar surface area (TPSA) is 89.0 Å². The van der Waals surface area contributed by atoms with Crippen LogP contribution in [0.4, 0.5) is 0 Å². The molecule has 0 spiro atoms. The van der Waals surface area contributed by atoms with E-state index in [0.29, 0.717) is 19.7 Å². The second kappa shape index (κ2) is 5.26. The van der Waals surface area contributed by atoms with Gasteiger partial charge in [0.25, 0.3) is 11.8 Å². The average molecular weight is 279 g/mol. The van der Waals surface area contributed by atoms with Gasteiger partial charge in [0.2, 0.25) is 0 Å². The van der Waals surface area contributed by atoms with Gasteiger partial charge in [-0.1, -0.05) is 0 Å². The molecule has 0 saturated carbocycles. The van der Waals surface area contributed by atoms with Crippen LogP contribution >= 0.6 is 0 Å². The van der Waals surface area contributed by atoms with Crippen LogP contribution in [-0.4, -0.2) is 67.0 Å². The third kappa shape index (κ3) is 2.41. The van der Waals surface area contributed by atoms with Crippen molar-refractivity contribution in [3.63, 3.8) is 0 Å². The lowest BCUT2D eigenvalue weighted by Gasteiger charge is -2.43. The van der Waals surface area contributed by atoms with Gasteiger partial charge in [-0.15, -0.1) is 0 Å². The standard InChI is InChI=1S/C13H17N3O4/c14-12(17)10-1-2-11(20-10)13(18)16-4-3-15-5-6-19-8-9(15)7-16/h1-2,9H,3-8H2,(H2,14,17). The summed E-state index contributed by atoms with van der Waals surface area (Å²) in [5.41, 5.74) is 5.11. The van der Waals surface area contributed by atoms with E-state index in [1.165, 1.54) is 12.1 Å². The summed E-state index contributed by atoms with van der Waals surface area (Å²) < 4.78 is 10.6. The van der Waals surface area contributed by atoms with Crippen molar-refractivity contribution in [2.24, 2.45) is 5.73 Å². The van der Waals surface area contributed by atoms with Crippen LogP contribution in [-0.2, 0) is 4.74 Å². The lowest BCUT2D eigenvalue weighted by Crippen LogP contribution is -2.59. The monoisotopic (exact) mass is 279 g/mol. The molecule has 2 aliphatic rings. The van der Waals surface area contributed by atoms with E-state index >= 15 is 0 Å². The number of hydrogen-bond donors (Lipinski definition) is 1. The predicted octanol–water partition coefficient (Wildman–Crippen LogP) is -0.465. The molecule has 2 aliphatic heterocycles. The molecule has 108 valence electrons. The molecule has 1 aromatic rings. The van der Waals surface area contributed by atoms with Gasteiger partial charge in [0.15, 0.2) is 11.5 Å². The van der Waals surface area contributed by atoms with Crippen LogP contribution in [0, 0.1) is 0 Å². The zero-order chi connectivity index (χ0) is 14.1. The smallest absolute Gasteiger partial charge is 0.289 e. The molecular weight excluding hydrogens is 262 g/mol. The highest BCUT2D eigenvalue weighted by Gasteiger charge is 2.32. The van der Waals surface area contributed by atoms with Crippen LogP contribution in [0.2, 0.25) is 0 Å². The Balaban J connectivity index is 1.69. The lowest BCUT2D eigenvalue weighted by atomic mass is 10.1. The summed E-state index contributed by atoms with van der Waals surface area (Å²) in [7, 11) is 0. The van der Waals surface area contributed by atoms with Crippen LogP contribution in [0.1, 0.15) is 21.1 Å². The molecule has 0 radical (unpaired) electrons. The molecule has 2 amide bonds. The minimum Gasteiger partial charge on any atom is -0.446 e. The van der Waals surface area contributed by atoms with Gasteiger partial charge in [-0.25, -0.2) is 0 Å². The fourth-order valence-corrected chi connectivity index (χ4v) is 2.67. The highest BCUT2D eigenvalue weighted by Crippen LogP contribution is 2.17. The highest BCUT2D eigenvalue weighted by atomic mass is 16.5. The zero-order valence-corrected chi connectivity index (χ0v) is 11.1. The maximum absolute atomic E-state index is 12.3. The summed E-state index contributed by atoms with van der Waals surface area (Å²) >= 11 is 0. The number of nitrogens with two attached hydrogens (primary N) is 1. The molecular formula is C13H17N3O4. The second-order valence-electron chi connectivity index (χ2n) is 5.04. The van der Waals surface area contributed by atoms with Crippen molar-refractivity contribution in [2.75, 3.05) is 39.4 Å². The molecule has 7 nitrogen and oxygen atoms in total. The van der Waals surface area contributed by atoms with E-state index < -0.39 is 5.91 Å². The molecule has 7 heteroatoms. The summed E-state index contributed by atoms with van der Waals surface area (Å²) in [4.78, 5) is 27.4. The maximum atomic E-state index is 12.3. The van der Waals surface area contributed by atoms with Crippen molar-refractivity contribution in [3.8, 4) is 0 Å². The SMILES string of the molecule is NC(=O)c1ccc(C(=O)N2CCN3CCOCC3C2)o1. The molecule has 2 N–H and O–H groups in total. The molecule has 3 heterocycles. The van der Waals surface area contributed by atoms with E-state index in [4.69, 9.17) is 14.9 Å². The number of morpholine rings is 1. The number of primary amides is 1. The Kier molecular flexibility index (Phi) is 3.45. The Morgan fingerprint density at radius 1 is 1.20 bits per heavy atom. The maximum Gasteiger partial charge on any atom is 0.289 e. The minimum absolute atomic E-state index is 0.00739. The molecule has 20 heavy (non-hydrogen) atoms. The van der Waals surface area contributed by atoms with E-state index in [1.54, 1.807) is 4.90 Å². The number of furan rings is 1. The van der Waals surface area contributed by atoms with Gasteiger partial charge in [-0.05, 0) is 12.1 Å². The molecule has 0 aromatic carbocycles. The summed E-state index contributed by atoms with van der Waals surface area (Å²) in [5.74, 6) is -0.714. The second-order valence-corrected chi connectivity index (χ2v) is 5.04. The van der Waals surface area contributed by atoms with E-state index in [0.717, 1.165) is 19.7 Å². The van der Waals surface area contributed by atoms with E-state index in [2.05, 4.69) is 4.90 Å². The molecule has 3 rings (SSSR count). The van der Waals surface area contributed by atoms with Crippen LogP contribution in [0.25, 0.3) is 0 Å². The lowest BCUT2D eigenvalue weighted by molar-refractivity contribution is -0.0399. The Morgan fingerprint density at radius 3 is 2.75 bits per heavy atom. The first-order valence-corrected chi connectivity index (χ1v) is 6.66. The van der Waals surface area contributed by atoms with Crippen LogP contribution in [0.15, 0.2) is 16.5 Å². The fourth-order valence-electron chi connectivity index (χ4n) is 2.67. The summed E-state index contributed by atoms with van der Waals surface area (Å²) in [5, 5.41) is 0. The van der Waals surface area contributed by atoms with Gasteiger partial charge < -0.3 is 19.8 Å². The van der Waals surface area contributed by atoms with Gasteiger partial charge in [0.1, 0.15) is 0 Å². The van der Waals surface area contributed by atoms with Crippen molar-refractivity contribution in [2.45, 2.75) is 6.04 Å². The van der Waals surface area contributed by atoms with Crippen molar-refractivity contribution in [1.29, 1.82) is 0 Å². The quantitative estimate of drug-likeness (QED) is 0.791. The molecule has 2 saturated heterocycles. The van der Waals surface area contributed by atoms with Gasteiger partial charge in [0, 0.05) is 26.2 Å². The number of hydrogen-bond acceptors (Lipinski definition) is 5. The number of amides is 2. The highest BCUT2D eigenvalue weighted by molar-refractivity contribution is 5.95. The summed E-state index contributed by atoms with van der Waals surface area (Å²) in [6, 6.07) is 3.16. The summed E-state index contributed by atoms with van der Waals surface area (Å²) in [6.45, 7) is 4.43. The van der Waals surface area contributed by atoms with Crippen LogP contribution < -0.4 is 5.73 Å². The van der Waals surface area contributed by atoms with Gasteiger partial charge in [-0.3, -0.25) is 14.5 Å². The molecule has 2 fully saturated rings. The summed E-state index contributed by atoms with van der Waals surface area (Å²) in [6.07, 6.45) is 0. The normalized spacial score (nSPS) is 23.4. The third-order valence-corrected chi connectivity index (χ3v) is 3.78. The van der Waals surface area contributed by atoms with E-state index in [9.17, 15) is 9.59 Å². The van der Waals surface area contributed by atoms with Crippen molar-refractivity contribution >= 4 is 11.8 Å². The first-order chi connectivity index (χ1) is 9.65. The van der Waals surface area contributed by atoms with E-state index in [1.807, 2.05) is 0 Å². The number of rotatable bonds is 2. The largest absolute Gasteiger partial charge is 0.446 e.